The zero-order valence-electron chi connectivity index (χ0n) is 16.1. The Kier molecular flexibility index (Phi) is 5.50. The van der Waals surface area contributed by atoms with Gasteiger partial charge in [0.05, 0.1) is 10.4 Å². The first-order valence-electron chi connectivity index (χ1n) is 9.40. The molecule has 4 rings (SSSR count). The van der Waals surface area contributed by atoms with Crippen LogP contribution in [0.2, 0.25) is 5.02 Å². The number of aryl methyl sites for hydroxylation is 1. The molecule has 0 fully saturated rings. The van der Waals surface area contributed by atoms with E-state index in [9.17, 15) is 9.59 Å². The SMILES string of the molecule is CCn1nc(C(=O)Nc2ccc(Oc3ccccc3Cl)cc2)c2ccccc2c1=O. The van der Waals surface area contributed by atoms with Crippen molar-refractivity contribution >= 4 is 34.0 Å². The molecule has 0 unspecified atom stereocenters. The van der Waals surface area contributed by atoms with Crippen LogP contribution in [0.4, 0.5) is 5.69 Å². The molecule has 1 N–H and O–H groups in total. The van der Waals surface area contributed by atoms with Gasteiger partial charge in [0.15, 0.2) is 5.69 Å². The molecule has 0 radical (unpaired) electrons. The third-order valence-electron chi connectivity index (χ3n) is 4.56. The number of hydrogen-bond donors (Lipinski definition) is 1. The molecule has 1 aromatic heterocycles. The van der Waals surface area contributed by atoms with E-state index in [0.717, 1.165) is 0 Å². The Bertz CT molecular complexity index is 1280. The van der Waals surface area contributed by atoms with E-state index in [1.807, 2.05) is 19.1 Å². The van der Waals surface area contributed by atoms with Gasteiger partial charge >= 0.3 is 0 Å². The molecular formula is C23H18ClN3O3. The molecule has 30 heavy (non-hydrogen) atoms. The summed E-state index contributed by atoms with van der Waals surface area (Å²) in [5, 5.41) is 8.57. The number of carbonyl (C=O) groups is 1. The highest BCUT2D eigenvalue weighted by molar-refractivity contribution is 6.32. The summed E-state index contributed by atoms with van der Waals surface area (Å²) in [6.45, 7) is 2.18. The smallest absolute Gasteiger partial charge is 0.276 e. The van der Waals surface area contributed by atoms with Crippen LogP contribution in [0, 0.1) is 0 Å². The van der Waals surface area contributed by atoms with E-state index in [1.165, 1.54) is 4.68 Å². The zero-order chi connectivity index (χ0) is 21.1. The number of para-hydroxylation sites is 1. The number of nitrogens with one attached hydrogen (secondary N) is 1. The summed E-state index contributed by atoms with van der Waals surface area (Å²) in [6, 6.07) is 21.1. The quantitative estimate of drug-likeness (QED) is 0.487. The van der Waals surface area contributed by atoms with Crippen LogP contribution in [0.1, 0.15) is 17.4 Å². The molecular weight excluding hydrogens is 402 g/mol. The molecule has 1 heterocycles. The Hall–Kier alpha value is -3.64. The summed E-state index contributed by atoms with van der Waals surface area (Å²) < 4.78 is 7.05. The maximum absolute atomic E-state index is 12.9. The van der Waals surface area contributed by atoms with Gasteiger partial charge in [0, 0.05) is 17.6 Å². The van der Waals surface area contributed by atoms with Crippen LogP contribution < -0.4 is 15.6 Å². The number of carbonyl (C=O) groups excluding carboxylic acids is 1. The van der Waals surface area contributed by atoms with E-state index >= 15 is 0 Å². The molecule has 7 heteroatoms. The lowest BCUT2D eigenvalue weighted by Crippen LogP contribution is -2.27. The second-order valence-corrected chi connectivity index (χ2v) is 6.93. The molecule has 0 atom stereocenters. The van der Waals surface area contributed by atoms with E-state index < -0.39 is 5.91 Å². The molecule has 1 amide bonds. The lowest BCUT2D eigenvalue weighted by molar-refractivity contribution is 0.102. The van der Waals surface area contributed by atoms with Crippen molar-refractivity contribution in [3.63, 3.8) is 0 Å². The first kappa shape index (κ1) is 19.7. The molecule has 3 aromatic carbocycles. The summed E-state index contributed by atoms with van der Waals surface area (Å²) in [4.78, 5) is 25.3. The van der Waals surface area contributed by atoms with Crippen LogP contribution in [0.3, 0.4) is 0 Å². The fourth-order valence-electron chi connectivity index (χ4n) is 3.07. The van der Waals surface area contributed by atoms with Crippen molar-refractivity contribution in [1.29, 1.82) is 0 Å². The van der Waals surface area contributed by atoms with Crippen molar-refractivity contribution in [3.8, 4) is 11.5 Å². The summed E-state index contributed by atoms with van der Waals surface area (Å²) in [6.07, 6.45) is 0. The fourth-order valence-corrected chi connectivity index (χ4v) is 3.24. The molecule has 0 bridgehead atoms. The number of hydrogen-bond acceptors (Lipinski definition) is 4. The summed E-state index contributed by atoms with van der Waals surface area (Å²) >= 11 is 6.11. The number of rotatable bonds is 5. The Morgan fingerprint density at radius 1 is 1.00 bits per heavy atom. The highest BCUT2D eigenvalue weighted by Gasteiger charge is 2.16. The van der Waals surface area contributed by atoms with Crippen molar-refractivity contribution in [1.82, 2.24) is 9.78 Å². The summed E-state index contributed by atoms with van der Waals surface area (Å²) in [5.41, 5.74) is 0.556. The minimum Gasteiger partial charge on any atom is -0.456 e. The van der Waals surface area contributed by atoms with Gasteiger partial charge in [-0.25, -0.2) is 4.68 Å². The number of fused-ring (bicyclic) bond motifs is 1. The molecule has 0 saturated carbocycles. The molecule has 0 aliphatic carbocycles. The minimum atomic E-state index is -0.395. The Balaban J connectivity index is 1.58. The van der Waals surface area contributed by atoms with Crippen molar-refractivity contribution in [2.24, 2.45) is 0 Å². The summed E-state index contributed by atoms with van der Waals surface area (Å²) in [5.74, 6) is 0.742. The highest BCUT2D eigenvalue weighted by Crippen LogP contribution is 2.29. The third-order valence-corrected chi connectivity index (χ3v) is 4.87. The molecule has 0 aliphatic rings. The zero-order valence-corrected chi connectivity index (χ0v) is 16.9. The van der Waals surface area contributed by atoms with Gasteiger partial charge in [-0.15, -0.1) is 0 Å². The largest absolute Gasteiger partial charge is 0.456 e. The van der Waals surface area contributed by atoms with Crippen LogP contribution >= 0.6 is 11.6 Å². The first-order chi connectivity index (χ1) is 14.6. The van der Waals surface area contributed by atoms with Gasteiger partial charge in [-0.1, -0.05) is 41.9 Å². The average molecular weight is 420 g/mol. The van der Waals surface area contributed by atoms with Crippen LogP contribution in [0.25, 0.3) is 10.8 Å². The molecule has 6 nitrogen and oxygen atoms in total. The first-order valence-corrected chi connectivity index (χ1v) is 9.78. The van der Waals surface area contributed by atoms with Crippen molar-refractivity contribution < 1.29 is 9.53 Å². The molecule has 4 aromatic rings. The third kappa shape index (κ3) is 3.90. The van der Waals surface area contributed by atoms with E-state index in [2.05, 4.69) is 10.4 Å². The van der Waals surface area contributed by atoms with Gasteiger partial charge in [0.25, 0.3) is 11.5 Å². The van der Waals surface area contributed by atoms with Crippen LogP contribution in [-0.2, 0) is 6.54 Å². The van der Waals surface area contributed by atoms with Crippen molar-refractivity contribution in [3.05, 3.63) is 93.9 Å². The number of benzene rings is 3. The van der Waals surface area contributed by atoms with Gasteiger partial charge in [0.1, 0.15) is 11.5 Å². The van der Waals surface area contributed by atoms with Crippen molar-refractivity contribution in [2.45, 2.75) is 13.5 Å². The molecule has 150 valence electrons. The van der Waals surface area contributed by atoms with Gasteiger partial charge in [0.2, 0.25) is 0 Å². The predicted octanol–water partition coefficient (Wildman–Crippen LogP) is 5.11. The maximum atomic E-state index is 12.9. The van der Waals surface area contributed by atoms with Gasteiger partial charge in [-0.3, -0.25) is 9.59 Å². The average Bonchev–Trinajstić information content (AvgIpc) is 2.77. The lowest BCUT2D eigenvalue weighted by atomic mass is 10.1. The Morgan fingerprint density at radius 2 is 1.67 bits per heavy atom. The van der Waals surface area contributed by atoms with Crippen LogP contribution in [0.5, 0.6) is 11.5 Å². The molecule has 0 aliphatic heterocycles. The fraction of sp³-hybridized carbons (Fsp3) is 0.0870. The van der Waals surface area contributed by atoms with Gasteiger partial charge in [-0.2, -0.15) is 5.10 Å². The second-order valence-electron chi connectivity index (χ2n) is 6.53. The normalized spacial score (nSPS) is 10.7. The lowest BCUT2D eigenvalue weighted by Gasteiger charge is -2.11. The van der Waals surface area contributed by atoms with E-state index in [0.29, 0.717) is 39.5 Å². The van der Waals surface area contributed by atoms with E-state index in [4.69, 9.17) is 16.3 Å². The standard InChI is InChI=1S/C23H18ClN3O3/c1-2-27-23(29)18-8-4-3-7-17(18)21(26-27)22(28)25-15-11-13-16(14-12-15)30-20-10-6-5-9-19(20)24/h3-14H,2H2,1H3,(H,25,28). The topological polar surface area (TPSA) is 73.2 Å². The number of amides is 1. The van der Waals surface area contributed by atoms with Gasteiger partial charge in [-0.05, 0) is 49.4 Å². The molecule has 0 saturated heterocycles. The number of nitrogens with zero attached hydrogens (tertiary/aromatic N) is 2. The number of ether oxygens (including phenoxy) is 1. The summed E-state index contributed by atoms with van der Waals surface area (Å²) in [7, 11) is 0. The predicted molar refractivity (Wildman–Crippen MR) is 118 cm³/mol. The number of halogens is 1. The number of aromatic nitrogens is 2. The minimum absolute atomic E-state index is 0.198. The van der Waals surface area contributed by atoms with E-state index in [1.54, 1.807) is 60.7 Å². The van der Waals surface area contributed by atoms with Crippen LogP contribution in [-0.4, -0.2) is 15.7 Å². The van der Waals surface area contributed by atoms with E-state index in [-0.39, 0.29) is 11.3 Å². The monoisotopic (exact) mass is 419 g/mol. The molecule has 0 spiro atoms. The Labute approximate surface area is 177 Å². The van der Waals surface area contributed by atoms with Crippen LogP contribution in [0.15, 0.2) is 77.6 Å². The van der Waals surface area contributed by atoms with Crippen molar-refractivity contribution in [2.75, 3.05) is 5.32 Å². The number of anilines is 1. The second kappa shape index (κ2) is 8.39. The Morgan fingerprint density at radius 3 is 2.37 bits per heavy atom. The maximum Gasteiger partial charge on any atom is 0.276 e. The van der Waals surface area contributed by atoms with Gasteiger partial charge < -0.3 is 10.1 Å². The highest BCUT2D eigenvalue weighted by atomic mass is 35.5.